The second-order valence-corrected chi connectivity index (χ2v) is 7.95. The van der Waals surface area contributed by atoms with Crippen LogP contribution in [0.3, 0.4) is 0 Å². The molecule has 26 heavy (non-hydrogen) atoms. The summed E-state index contributed by atoms with van der Waals surface area (Å²) >= 11 is 8.18. The highest BCUT2D eigenvalue weighted by atomic mass is 79.9. The molecule has 0 N–H and O–H groups in total. The van der Waals surface area contributed by atoms with Gasteiger partial charge in [0.1, 0.15) is 0 Å². The minimum atomic E-state index is 0.447. The molecule has 2 aromatic heterocycles. The molecule has 0 unspecified atom stereocenters. The second kappa shape index (κ2) is 7.73. The van der Waals surface area contributed by atoms with E-state index < -0.39 is 0 Å². The van der Waals surface area contributed by atoms with Gasteiger partial charge in [-0.05, 0) is 36.4 Å². The van der Waals surface area contributed by atoms with Gasteiger partial charge in [0.25, 0.3) is 5.22 Å². The van der Waals surface area contributed by atoms with Crippen molar-refractivity contribution < 1.29 is 8.94 Å². The van der Waals surface area contributed by atoms with Gasteiger partial charge in [-0.25, -0.2) is 0 Å². The van der Waals surface area contributed by atoms with Crippen molar-refractivity contribution in [3.05, 3.63) is 63.4 Å². The molecule has 0 fully saturated rings. The first-order chi connectivity index (χ1) is 12.7. The molecular weight excluding hydrogens is 484 g/mol. The Morgan fingerprint density at radius 1 is 0.923 bits per heavy atom. The van der Waals surface area contributed by atoms with Gasteiger partial charge in [0.05, 0.1) is 5.75 Å². The lowest BCUT2D eigenvalue weighted by molar-refractivity contribution is 0.391. The van der Waals surface area contributed by atoms with E-state index in [4.69, 9.17) is 8.94 Å². The predicted octanol–water partition coefficient (Wildman–Crippen LogP) is 5.60. The Morgan fingerprint density at radius 3 is 2.58 bits per heavy atom. The molecule has 0 saturated heterocycles. The van der Waals surface area contributed by atoms with Crippen molar-refractivity contribution in [2.24, 2.45) is 0 Å². The summed E-state index contributed by atoms with van der Waals surface area (Å²) in [6.45, 7) is 0. The summed E-state index contributed by atoms with van der Waals surface area (Å²) < 4.78 is 12.9. The SMILES string of the molecule is Brc1ccc(-c2nnc(SCc3nc(-c4cccc(Br)c4)no3)o2)cc1. The predicted molar refractivity (Wildman–Crippen MR) is 104 cm³/mol. The molecule has 0 spiro atoms. The molecule has 0 atom stereocenters. The number of rotatable bonds is 5. The Labute approximate surface area is 169 Å². The maximum absolute atomic E-state index is 5.67. The van der Waals surface area contributed by atoms with Gasteiger partial charge in [0, 0.05) is 20.1 Å². The molecule has 0 amide bonds. The summed E-state index contributed by atoms with van der Waals surface area (Å²) in [5.74, 6) is 1.96. The molecule has 2 heterocycles. The van der Waals surface area contributed by atoms with Gasteiger partial charge in [-0.1, -0.05) is 60.9 Å². The van der Waals surface area contributed by atoms with E-state index in [1.165, 1.54) is 11.8 Å². The van der Waals surface area contributed by atoms with E-state index in [2.05, 4.69) is 52.2 Å². The van der Waals surface area contributed by atoms with Gasteiger partial charge in [-0.3, -0.25) is 0 Å². The summed E-state index contributed by atoms with van der Waals surface area (Å²) in [5.41, 5.74) is 1.75. The number of nitrogens with zero attached hydrogens (tertiary/aromatic N) is 4. The molecule has 4 rings (SSSR count). The van der Waals surface area contributed by atoms with Crippen LogP contribution in [-0.4, -0.2) is 20.3 Å². The zero-order chi connectivity index (χ0) is 17.9. The van der Waals surface area contributed by atoms with Gasteiger partial charge in [0.15, 0.2) is 0 Å². The van der Waals surface area contributed by atoms with E-state index in [1.54, 1.807) is 0 Å². The average molecular weight is 494 g/mol. The van der Waals surface area contributed by atoms with Gasteiger partial charge in [-0.2, -0.15) is 4.98 Å². The van der Waals surface area contributed by atoms with Crippen molar-refractivity contribution in [2.45, 2.75) is 11.0 Å². The Kier molecular flexibility index (Phi) is 5.18. The molecule has 0 aliphatic carbocycles. The molecule has 6 nitrogen and oxygen atoms in total. The summed E-state index contributed by atoms with van der Waals surface area (Å²) in [5, 5.41) is 12.6. The smallest absolute Gasteiger partial charge is 0.277 e. The third-order valence-electron chi connectivity index (χ3n) is 3.37. The number of aromatic nitrogens is 4. The first kappa shape index (κ1) is 17.4. The second-order valence-electron chi connectivity index (χ2n) is 5.19. The topological polar surface area (TPSA) is 77.8 Å². The Balaban J connectivity index is 1.43. The number of hydrogen-bond donors (Lipinski definition) is 0. The van der Waals surface area contributed by atoms with Crippen LogP contribution in [0.2, 0.25) is 0 Å². The Bertz CT molecular complexity index is 1030. The largest absolute Gasteiger partial charge is 0.411 e. The van der Waals surface area contributed by atoms with Gasteiger partial charge in [0.2, 0.25) is 17.6 Å². The van der Waals surface area contributed by atoms with Crippen LogP contribution in [0.4, 0.5) is 0 Å². The lowest BCUT2D eigenvalue weighted by Crippen LogP contribution is -1.83. The summed E-state index contributed by atoms with van der Waals surface area (Å²) in [4.78, 5) is 4.40. The van der Waals surface area contributed by atoms with Crippen molar-refractivity contribution in [3.8, 4) is 22.8 Å². The zero-order valence-electron chi connectivity index (χ0n) is 13.1. The van der Waals surface area contributed by atoms with Crippen molar-refractivity contribution in [1.82, 2.24) is 20.3 Å². The van der Waals surface area contributed by atoms with Crippen LogP contribution in [-0.2, 0) is 5.75 Å². The highest BCUT2D eigenvalue weighted by Gasteiger charge is 2.13. The van der Waals surface area contributed by atoms with Crippen molar-refractivity contribution in [2.75, 3.05) is 0 Å². The molecule has 0 radical (unpaired) electrons. The molecule has 0 aliphatic rings. The van der Waals surface area contributed by atoms with Crippen LogP contribution in [0.25, 0.3) is 22.8 Å². The van der Waals surface area contributed by atoms with Crippen molar-refractivity contribution in [1.29, 1.82) is 0 Å². The first-order valence-electron chi connectivity index (χ1n) is 7.48. The quantitative estimate of drug-likeness (QED) is 0.334. The van der Waals surface area contributed by atoms with E-state index in [0.29, 0.717) is 28.6 Å². The van der Waals surface area contributed by atoms with Crippen molar-refractivity contribution >= 4 is 43.6 Å². The summed E-state index contributed by atoms with van der Waals surface area (Å²) in [7, 11) is 0. The molecule has 130 valence electrons. The third-order valence-corrected chi connectivity index (χ3v) is 5.19. The average Bonchev–Trinajstić information content (AvgIpc) is 3.30. The van der Waals surface area contributed by atoms with Crippen LogP contribution in [0.1, 0.15) is 5.89 Å². The number of thioether (sulfide) groups is 1. The van der Waals surface area contributed by atoms with Gasteiger partial charge in [-0.15, -0.1) is 10.2 Å². The lowest BCUT2D eigenvalue weighted by Gasteiger charge is -1.94. The minimum absolute atomic E-state index is 0.447. The molecular formula is C17H10Br2N4O2S. The number of benzene rings is 2. The van der Waals surface area contributed by atoms with Crippen LogP contribution < -0.4 is 0 Å². The normalized spacial score (nSPS) is 11.0. The Morgan fingerprint density at radius 2 is 1.77 bits per heavy atom. The lowest BCUT2D eigenvalue weighted by atomic mass is 10.2. The molecule has 4 aromatic rings. The fourth-order valence-corrected chi connectivity index (χ4v) is 3.42. The summed E-state index contributed by atoms with van der Waals surface area (Å²) in [6, 6.07) is 15.4. The Hall–Kier alpha value is -1.97. The fraction of sp³-hybridized carbons (Fsp3) is 0.0588. The molecule has 0 aliphatic heterocycles. The van der Waals surface area contributed by atoms with Crippen LogP contribution >= 0.6 is 43.6 Å². The van der Waals surface area contributed by atoms with Crippen LogP contribution in [0, 0.1) is 0 Å². The molecule has 0 bridgehead atoms. The zero-order valence-corrected chi connectivity index (χ0v) is 17.1. The first-order valence-corrected chi connectivity index (χ1v) is 10.1. The molecule has 9 heteroatoms. The highest BCUT2D eigenvalue weighted by Crippen LogP contribution is 2.27. The van der Waals surface area contributed by atoms with E-state index in [1.807, 2.05) is 48.5 Å². The molecule has 2 aromatic carbocycles. The van der Waals surface area contributed by atoms with Gasteiger partial charge >= 0.3 is 0 Å². The maximum Gasteiger partial charge on any atom is 0.277 e. The standard InChI is InChI=1S/C17H10Br2N4O2S/c18-12-6-4-10(5-7-12)16-21-22-17(24-16)26-9-14-20-15(23-25-14)11-2-1-3-13(19)8-11/h1-8H,9H2. The highest BCUT2D eigenvalue weighted by molar-refractivity contribution is 9.10. The number of hydrogen-bond acceptors (Lipinski definition) is 7. The maximum atomic E-state index is 5.67. The third kappa shape index (κ3) is 4.05. The van der Waals surface area contributed by atoms with E-state index in [-0.39, 0.29) is 0 Å². The van der Waals surface area contributed by atoms with E-state index in [9.17, 15) is 0 Å². The summed E-state index contributed by atoms with van der Waals surface area (Å²) in [6.07, 6.45) is 0. The fourth-order valence-electron chi connectivity index (χ4n) is 2.16. The van der Waals surface area contributed by atoms with E-state index in [0.717, 1.165) is 20.1 Å². The monoisotopic (exact) mass is 492 g/mol. The number of halogens is 2. The van der Waals surface area contributed by atoms with Crippen LogP contribution in [0.15, 0.2) is 71.6 Å². The van der Waals surface area contributed by atoms with Gasteiger partial charge < -0.3 is 8.94 Å². The molecule has 0 saturated carbocycles. The van der Waals surface area contributed by atoms with Crippen molar-refractivity contribution in [3.63, 3.8) is 0 Å². The van der Waals surface area contributed by atoms with Crippen LogP contribution in [0.5, 0.6) is 0 Å². The minimum Gasteiger partial charge on any atom is -0.411 e. The van der Waals surface area contributed by atoms with E-state index >= 15 is 0 Å².